The summed E-state index contributed by atoms with van der Waals surface area (Å²) in [6.07, 6.45) is -1.00. The first kappa shape index (κ1) is 20.4. The zero-order valence-electron chi connectivity index (χ0n) is 14.2. The lowest BCUT2D eigenvalue weighted by molar-refractivity contribution is -0.0518. The van der Waals surface area contributed by atoms with Crippen LogP contribution in [0.5, 0.6) is 5.75 Å². The van der Waals surface area contributed by atoms with Gasteiger partial charge in [-0.2, -0.15) is 13.1 Å². The third-order valence-corrected chi connectivity index (χ3v) is 8.36. The maximum Gasteiger partial charge on any atom is 0.387 e. The van der Waals surface area contributed by atoms with E-state index in [1.165, 1.54) is 18.2 Å². The van der Waals surface area contributed by atoms with Gasteiger partial charge in [-0.25, -0.2) is 16.8 Å². The predicted molar refractivity (Wildman–Crippen MR) is 91.9 cm³/mol. The maximum absolute atomic E-state index is 12.8. The van der Waals surface area contributed by atoms with Crippen LogP contribution in [0.25, 0.3) is 0 Å². The van der Waals surface area contributed by atoms with Crippen LogP contribution in [0, 0.1) is 0 Å². The SMILES string of the molecule is O=S1(=O)CC(O)C(N2CCN(S(=O)(=O)c3ccccc3OC(F)F)CC2)C1. The van der Waals surface area contributed by atoms with Crippen LogP contribution < -0.4 is 4.74 Å². The van der Waals surface area contributed by atoms with Crippen LogP contribution in [-0.4, -0.2) is 87.6 Å². The molecular weight excluding hydrogens is 406 g/mol. The lowest BCUT2D eigenvalue weighted by atomic mass is 10.1. The summed E-state index contributed by atoms with van der Waals surface area (Å²) in [6.45, 7) is -2.59. The van der Waals surface area contributed by atoms with E-state index in [2.05, 4.69) is 4.74 Å². The average Bonchev–Trinajstić information content (AvgIpc) is 2.87. The molecule has 2 saturated heterocycles. The number of hydrogen-bond donors (Lipinski definition) is 1. The number of aliphatic hydroxyl groups excluding tert-OH is 1. The minimum atomic E-state index is -4.05. The normalized spacial score (nSPS) is 27.1. The Bertz CT molecular complexity index is 885. The van der Waals surface area contributed by atoms with Gasteiger partial charge in [-0.1, -0.05) is 12.1 Å². The van der Waals surface area contributed by atoms with E-state index in [1.54, 1.807) is 4.90 Å². The molecule has 2 aliphatic rings. The van der Waals surface area contributed by atoms with Crippen molar-refractivity contribution in [2.75, 3.05) is 37.7 Å². The highest BCUT2D eigenvalue weighted by molar-refractivity contribution is 7.91. The van der Waals surface area contributed by atoms with Gasteiger partial charge in [-0.3, -0.25) is 4.90 Å². The van der Waals surface area contributed by atoms with E-state index in [0.29, 0.717) is 0 Å². The summed E-state index contributed by atoms with van der Waals surface area (Å²) in [4.78, 5) is 1.41. The Balaban J connectivity index is 1.72. The van der Waals surface area contributed by atoms with Gasteiger partial charge in [0.1, 0.15) is 10.6 Å². The number of alkyl halides is 2. The van der Waals surface area contributed by atoms with E-state index in [9.17, 15) is 30.7 Å². The molecule has 0 aromatic heterocycles. The van der Waals surface area contributed by atoms with Gasteiger partial charge in [0.05, 0.1) is 23.7 Å². The Labute approximate surface area is 156 Å². The number of sulfone groups is 1. The van der Waals surface area contributed by atoms with Crippen molar-refractivity contribution in [1.29, 1.82) is 0 Å². The molecule has 12 heteroatoms. The fourth-order valence-electron chi connectivity index (χ4n) is 3.43. The number of hydrogen-bond acceptors (Lipinski definition) is 7. The van der Waals surface area contributed by atoms with Crippen molar-refractivity contribution < 1.29 is 35.5 Å². The Morgan fingerprint density at radius 1 is 1.11 bits per heavy atom. The average molecular weight is 426 g/mol. The van der Waals surface area contributed by atoms with Gasteiger partial charge in [0.25, 0.3) is 0 Å². The van der Waals surface area contributed by atoms with Crippen molar-refractivity contribution in [1.82, 2.24) is 9.21 Å². The van der Waals surface area contributed by atoms with E-state index < -0.39 is 44.4 Å². The molecule has 2 unspecified atom stereocenters. The van der Waals surface area contributed by atoms with E-state index in [1.807, 2.05) is 0 Å². The fourth-order valence-corrected chi connectivity index (χ4v) is 6.81. The van der Waals surface area contributed by atoms with Crippen molar-refractivity contribution in [2.24, 2.45) is 0 Å². The topological polar surface area (TPSA) is 104 Å². The van der Waals surface area contributed by atoms with Gasteiger partial charge in [-0.05, 0) is 12.1 Å². The zero-order valence-corrected chi connectivity index (χ0v) is 15.9. The van der Waals surface area contributed by atoms with Gasteiger partial charge >= 0.3 is 6.61 Å². The molecule has 1 aromatic rings. The molecular formula is C15H20F2N2O6S2. The Morgan fingerprint density at radius 2 is 1.74 bits per heavy atom. The first-order valence-corrected chi connectivity index (χ1v) is 11.5. The monoisotopic (exact) mass is 426 g/mol. The van der Waals surface area contributed by atoms with Gasteiger partial charge in [-0.15, -0.1) is 0 Å². The molecule has 1 N–H and O–H groups in total. The Kier molecular flexibility index (Phi) is 5.73. The first-order valence-electron chi connectivity index (χ1n) is 8.27. The zero-order chi connectivity index (χ0) is 19.8. The number of halogens is 2. The molecule has 152 valence electrons. The number of nitrogens with zero attached hydrogens (tertiary/aromatic N) is 2. The van der Waals surface area contributed by atoms with Crippen molar-refractivity contribution in [3.8, 4) is 5.75 Å². The number of sulfonamides is 1. The lowest BCUT2D eigenvalue weighted by Crippen LogP contribution is -2.54. The largest absolute Gasteiger partial charge is 0.433 e. The van der Waals surface area contributed by atoms with Gasteiger partial charge in [0.2, 0.25) is 10.0 Å². The molecule has 2 heterocycles. The second kappa shape index (κ2) is 7.59. The summed E-state index contributed by atoms with van der Waals surface area (Å²) in [5.41, 5.74) is 0. The standard InChI is InChI=1S/C15H20F2N2O6S2/c16-15(17)25-13-3-1-2-4-14(13)27(23,24)19-7-5-18(6-8-19)11-9-26(21,22)10-12(11)20/h1-4,11-12,15,20H,5-10H2. The van der Waals surface area contributed by atoms with E-state index >= 15 is 0 Å². The van der Waals surface area contributed by atoms with Crippen LogP contribution in [0.2, 0.25) is 0 Å². The third-order valence-electron chi connectivity index (χ3n) is 4.72. The number of para-hydroxylation sites is 1. The summed E-state index contributed by atoms with van der Waals surface area (Å²) in [5.74, 6) is -0.882. The van der Waals surface area contributed by atoms with Crippen molar-refractivity contribution in [3.63, 3.8) is 0 Å². The summed E-state index contributed by atoms with van der Waals surface area (Å²) in [6, 6.07) is 4.62. The molecule has 1 aromatic carbocycles. The molecule has 0 bridgehead atoms. The smallest absolute Gasteiger partial charge is 0.387 e. The number of benzene rings is 1. The molecule has 0 aliphatic carbocycles. The third kappa shape index (κ3) is 4.40. The second-order valence-electron chi connectivity index (χ2n) is 6.48. The number of piperazine rings is 1. The number of rotatable bonds is 5. The molecule has 2 fully saturated rings. The fraction of sp³-hybridized carbons (Fsp3) is 0.600. The van der Waals surface area contributed by atoms with Crippen molar-refractivity contribution >= 4 is 19.9 Å². The predicted octanol–water partition coefficient (Wildman–Crippen LogP) is -0.248. The van der Waals surface area contributed by atoms with Crippen molar-refractivity contribution in [2.45, 2.75) is 23.7 Å². The van der Waals surface area contributed by atoms with Crippen LogP contribution in [0.15, 0.2) is 29.2 Å². The van der Waals surface area contributed by atoms with Crippen LogP contribution in [0.3, 0.4) is 0 Å². The minimum absolute atomic E-state index is 0.0502. The molecule has 8 nitrogen and oxygen atoms in total. The van der Waals surface area contributed by atoms with Gasteiger partial charge in [0, 0.05) is 26.2 Å². The molecule has 0 saturated carbocycles. The molecule has 0 radical (unpaired) electrons. The van der Waals surface area contributed by atoms with Crippen LogP contribution in [0.4, 0.5) is 8.78 Å². The highest BCUT2D eigenvalue weighted by Crippen LogP contribution is 2.29. The summed E-state index contributed by atoms with van der Waals surface area (Å²) < 4.78 is 79.5. The van der Waals surface area contributed by atoms with Crippen molar-refractivity contribution in [3.05, 3.63) is 24.3 Å². The highest BCUT2D eigenvalue weighted by atomic mass is 32.2. The maximum atomic E-state index is 12.8. The summed E-state index contributed by atoms with van der Waals surface area (Å²) in [7, 11) is -7.36. The number of aliphatic hydroxyl groups is 1. The summed E-state index contributed by atoms with van der Waals surface area (Å²) in [5, 5.41) is 9.96. The summed E-state index contributed by atoms with van der Waals surface area (Å²) >= 11 is 0. The lowest BCUT2D eigenvalue weighted by Gasteiger charge is -2.38. The van der Waals surface area contributed by atoms with Crippen LogP contribution in [-0.2, 0) is 19.9 Å². The molecule has 27 heavy (non-hydrogen) atoms. The quantitative estimate of drug-likeness (QED) is 0.693. The van der Waals surface area contributed by atoms with E-state index in [0.717, 1.165) is 10.4 Å². The molecule has 2 atom stereocenters. The van der Waals surface area contributed by atoms with Gasteiger partial charge in [0.15, 0.2) is 9.84 Å². The molecule has 3 rings (SSSR count). The molecule has 0 spiro atoms. The van der Waals surface area contributed by atoms with Crippen LogP contribution >= 0.6 is 0 Å². The second-order valence-corrected chi connectivity index (χ2v) is 10.5. The van der Waals surface area contributed by atoms with Gasteiger partial charge < -0.3 is 9.84 Å². The minimum Gasteiger partial charge on any atom is -0.433 e. The Hall–Kier alpha value is -1.34. The highest BCUT2D eigenvalue weighted by Gasteiger charge is 2.42. The molecule has 2 aliphatic heterocycles. The Morgan fingerprint density at radius 3 is 2.30 bits per heavy atom. The number of ether oxygens (including phenoxy) is 1. The van der Waals surface area contributed by atoms with E-state index in [-0.39, 0.29) is 42.6 Å². The van der Waals surface area contributed by atoms with E-state index in [4.69, 9.17) is 0 Å². The first-order chi connectivity index (χ1) is 12.6. The molecule has 0 amide bonds. The van der Waals surface area contributed by atoms with Crippen LogP contribution in [0.1, 0.15) is 0 Å².